The zero-order valence-corrected chi connectivity index (χ0v) is 50.6. The highest BCUT2D eigenvalue weighted by Crippen LogP contribution is 2.05. The monoisotopic (exact) mass is 917 g/mol. The predicted octanol–water partition coefficient (Wildman–Crippen LogP) is 26.2. The molecule has 0 aromatic heterocycles. The van der Waals surface area contributed by atoms with E-state index in [0.29, 0.717) is 5.78 Å². The third-order valence-corrected chi connectivity index (χ3v) is 10.2. The molecular weight excluding hydrogens is 773 g/mol. The summed E-state index contributed by atoms with van der Waals surface area (Å²) in [7, 11) is 0. The van der Waals surface area contributed by atoms with E-state index in [1.807, 2.05) is 0 Å². The Morgan fingerprint density at radius 2 is 0.266 bits per heavy atom. The van der Waals surface area contributed by atoms with E-state index in [1.54, 1.807) is 6.92 Å². The predicted molar refractivity (Wildman–Crippen MR) is 312 cm³/mol. The van der Waals surface area contributed by atoms with Gasteiger partial charge in [0.05, 0.1) is 0 Å². The number of Topliss-reactive ketones (excluding diaryl/α,β-unsaturated/α-hetero) is 1. The van der Waals surface area contributed by atoms with Gasteiger partial charge in [0.25, 0.3) is 0 Å². The average molecular weight is 918 g/mol. The lowest BCUT2D eigenvalue weighted by Crippen LogP contribution is -1.88. The molecule has 0 amide bonds. The molecule has 0 heterocycles. The van der Waals surface area contributed by atoms with Crippen molar-refractivity contribution in [1.29, 1.82) is 0 Å². The Morgan fingerprint density at radius 3 is 0.359 bits per heavy atom. The van der Waals surface area contributed by atoms with Crippen LogP contribution in [0.25, 0.3) is 0 Å². The molecule has 64 heavy (non-hydrogen) atoms. The minimum absolute atomic E-state index is 0.330. The van der Waals surface area contributed by atoms with Crippen LogP contribution in [0.2, 0.25) is 0 Å². The molecule has 1 nitrogen and oxygen atoms in total. The normalized spacial score (nSPS) is 9.12. The van der Waals surface area contributed by atoms with Crippen LogP contribution in [0.5, 0.6) is 0 Å². The van der Waals surface area contributed by atoms with Crippen molar-refractivity contribution in [2.75, 3.05) is 0 Å². The van der Waals surface area contributed by atoms with Gasteiger partial charge in [-0.2, -0.15) is 0 Å². The van der Waals surface area contributed by atoms with Crippen molar-refractivity contribution in [3.05, 3.63) is 0 Å². The Morgan fingerprint density at radius 1 is 0.172 bits per heavy atom. The molecular formula is C63H144O. The molecule has 0 unspecified atom stereocenters. The lowest BCUT2D eigenvalue weighted by molar-refractivity contribution is -0.117. The topological polar surface area (TPSA) is 17.1 Å². The van der Waals surface area contributed by atoms with Crippen molar-refractivity contribution in [3.63, 3.8) is 0 Å². The first-order valence-corrected chi connectivity index (χ1v) is 30.5. The summed E-state index contributed by atoms with van der Waals surface area (Å²) in [6.45, 7) is 44.0. The van der Waals surface area contributed by atoms with Crippen molar-refractivity contribution in [1.82, 2.24) is 0 Å². The molecule has 1 heteroatoms. The molecule has 0 rings (SSSR count). The Hall–Kier alpha value is -0.330. The second-order valence-electron chi connectivity index (χ2n) is 18.2. The summed E-state index contributed by atoms with van der Waals surface area (Å²) in [5.41, 5.74) is 0. The van der Waals surface area contributed by atoms with Gasteiger partial charge in [0, 0.05) is 6.42 Å². The van der Waals surface area contributed by atoms with E-state index in [2.05, 4.69) is 132 Å². The standard InChI is InChI=1S/C9H18O.9C6H14/c1-3-4-5-6-7-8-9(2)10;9*1-3-5-6-4-2/h3-8H2,1-2H3;9*3-6H2,1-2H3. The lowest BCUT2D eigenvalue weighted by atomic mass is 10.1. The maximum absolute atomic E-state index is 10.5. The molecule has 0 aromatic carbocycles. The summed E-state index contributed by atoms with van der Waals surface area (Å²) >= 11 is 0. The largest absolute Gasteiger partial charge is 0.300 e. The van der Waals surface area contributed by atoms with Crippen molar-refractivity contribution in [3.8, 4) is 0 Å². The number of hydrogen-bond acceptors (Lipinski definition) is 1. The second kappa shape index (κ2) is 119. The van der Waals surface area contributed by atoms with Crippen LogP contribution in [-0.4, -0.2) is 5.78 Å². The van der Waals surface area contributed by atoms with E-state index in [9.17, 15) is 4.79 Å². The fourth-order valence-corrected chi connectivity index (χ4v) is 5.48. The maximum atomic E-state index is 10.5. The molecule has 0 aromatic rings. The summed E-state index contributed by atoms with van der Waals surface area (Å²) in [6.07, 6.45) is 56.8. The number of unbranched alkanes of at least 4 members (excludes halogenated alkanes) is 31. The van der Waals surface area contributed by atoms with Gasteiger partial charge in [-0.1, -0.05) is 388 Å². The van der Waals surface area contributed by atoms with E-state index in [-0.39, 0.29) is 0 Å². The summed E-state index contributed by atoms with van der Waals surface area (Å²) in [5.74, 6) is 0.330. The van der Waals surface area contributed by atoms with Crippen LogP contribution in [0.1, 0.15) is 408 Å². The Bertz CT molecular complexity index is 389. The smallest absolute Gasteiger partial charge is 0.129 e. The summed E-state index contributed by atoms with van der Waals surface area (Å²) in [5, 5.41) is 0. The minimum atomic E-state index is 0.330. The zero-order valence-electron chi connectivity index (χ0n) is 50.6. The minimum Gasteiger partial charge on any atom is -0.300 e. The van der Waals surface area contributed by atoms with Crippen LogP contribution in [0, 0.1) is 0 Å². The quantitative estimate of drug-likeness (QED) is 0.0600. The van der Waals surface area contributed by atoms with E-state index in [1.165, 1.54) is 257 Å². The fourth-order valence-electron chi connectivity index (χ4n) is 5.48. The molecule has 0 atom stereocenters. The van der Waals surface area contributed by atoms with Gasteiger partial charge in [0.1, 0.15) is 5.78 Å². The van der Waals surface area contributed by atoms with Gasteiger partial charge in [-0.05, 0) is 13.3 Å². The second-order valence-corrected chi connectivity index (χ2v) is 18.2. The van der Waals surface area contributed by atoms with Crippen LogP contribution < -0.4 is 0 Å². The van der Waals surface area contributed by atoms with Gasteiger partial charge in [-0.15, -0.1) is 0 Å². The van der Waals surface area contributed by atoms with E-state index < -0.39 is 0 Å². The third kappa shape index (κ3) is 200. The van der Waals surface area contributed by atoms with Crippen LogP contribution in [0.3, 0.4) is 0 Å². The molecule has 0 N–H and O–H groups in total. The van der Waals surface area contributed by atoms with Gasteiger partial charge < -0.3 is 4.79 Å². The molecule has 0 radical (unpaired) electrons. The maximum Gasteiger partial charge on any atom is 0.129 e. The summed E-state index contributed by atoms with van der Waals surface area (Å²) in [4.78, 5) is 10.5. The number of rotatable bonds is 33. The SMILES string of the molecule is CCCCCC.CCCCCC.CCCCCC.CCCCCC.CCCCCC.CCCCCC.CCCCCC.CCCCCC.CCCCCC.CCCCCCCC(C)=O. The molecule has 0 fully saturated rings. The van der Waals surface area contributed by atoms with E-state index in [4.69, 9.17) is 0 Å². The van der Waals surface area contributed by atoms with Gasteiger partial charge in [0.15, 0.2) is 0 Å². The Labute approximate surface area is 417 Å². The van der Waals surface area contributed by atoms with Crippen molar-refractivity contribution < 1.29 is 4.79 Å². The van der Waals surface area contributed by atoms with E-state index in [0.717, 1.165) is 12.8 Å². The van der Waals surface area contributed by atoms with Crippen molar-refractivity contribution >= 4 is 5.78 Å². The molecule has 402 valence electrons. The molecule has 0 spiro atoms. The first kappa shape index (κ1) is 86.8. The van der Waals surface area contributed by atoms with Crippen LogP contribution >= 0.6 is 0 Å². The molecule has 0 aliphatic rings. The summed E-state index contributed by atoms with van der Waals surface area (Å²) < 4.78 is 0. The van der Waals surface area contributed by atoms with Crippen LogP contribution in [-0.2, 0) is 4.79 Å². The van der Waals surface area contributed by atoms with Gasteiger partial charge >= 0.3 is 0 Å². The molecule has 0 aliphatic carbocycles. The van der Waals surface area contributed by atoms with Gasteiger partial charge in [-0.3, -0.25) is 0 Å². The first-order chi connectivity index (χ1) is 31.0. The average Bonchev–Trinajstić information content (AvgIpc) is 3.32. The third-order valence-electron chi connectivity index (χ3n) is 10.2. The highest BCUT2D eigenvalue weighted by molar-refractivity contribution is 5.75. The highest BCUT2D eigenvalue weighted by Gasteiger charge is 1.92. The molecule has 0 saturated heterocycles. The highest BCUT2D eigenvalue weighted by atomic mass is 16.1. The van der Waals surface area contributed by atoms with E-state index >= 15 is 0 Å². The number of carbonyl (C=O) groups excluding carboxylic acids is 1. The lowest BCUT2D eigenvalue weighted by Gasteiger charge is -1.95. The number of ketones is 1. The van der Waals surface area contributed by atoms with Crippen LogP contribution in [0.4, 0.5) is 0 Å². The zero-order chi connectivity index (χ0) is 51.3. The number of carbonyl (C=O) groups is 1. The van der Waals surface area contributed by atoms with Gasteiger partial charge in [-0.25, -0.2) is 0 Å². The molecule has 0 aliphatic heterocycles. The van der Waals surface area contributed by atoms with Crippen LogP contribution in [0.15, 0.2) is 0 Å². The number of hydrogen-bond donors (Lipinski definition) is 0. The van der Waals surface area contributed by atoms with Crippen molar-refractivity contribution in [2.45, 2.75) is 408 Å². The molecule has 0 bridgehead atoms. The summed E-state index contributed by atoms with van der Waals surface area (Å²) in [6, 6.07) is 0. The molecule has 0 saturated carbocycles. The Balaban J connectivity index is -0.0000000636. The fraction of sp³-hybridized carbons (Fsp3) is 0.984. The Kier molecular flexibility index (Phi) is 162. The van der Waals surface area contributed by atoms with Crippen molar-refractivity contribution in [2.24, 2.45) is 0 Å². The van der Waals surface area contributed by atoms with Gasteiger partial charge in [0.2, 0.25) is 0 Å². The first-order valence-electron chi connectivity index (χ1n) is 30.5.